The Balaban J connectivity index is 1.39. The number of nitrogens with zero attached hydrogens (tertiary/aromatic N) is 5. The average Bonchev–Trinajstić information content (AvgIpc) is 3.24. The van der Waals surface area contributed by atoms with E-state index in [2.05, 4.69) is 26.4 Å². The van der Waals surface area contributed by atoms with Gasteiger partial charge in [0.1, 0.15) is 9.84 Å². The van der Waals surface area contributed by atoms with Crippen molar-refractivity contribution in [3.8, 4) is 5.82 Å². The lowest BCUT2D eigenvalue weighted by atomic mass is 9.96. The largest absolute Gasteiger partial charge is 0.371 e. The van der Waals surface area contributed by atoms with Gasteiger partial charge in [0.15, 0.2) is 5.82 Å². The normalized spacial score (nSPS) is 18.8. The highest BCUT2D eigenvalue weighted by molar-refractivity contribution is 7.91. The zero-order valence-corrected chi connectivity index (χ0v) is 19.3. The van der Waals surface area contributed by atoms with E-state index in [0.717, 1.165) is 48.3 Å². The molecule has 0 unspecified atom stereocenters. The van der Waals surface area contributed by atoms with Crippen LogP contribution in [0.4, 0.5) is 11.6 Å². The quantitative estimate of drug-likeness (QED) is 0.630. The molecular weight excluding hydrogens is 424 g/mol. The minimum absolute atomic E-state index is 0.239. The monoisotopic (exact) mass is 454 g/mol. The molecule has 3 heterocycles. The van der Waals surface area contributed by atoms with Crippen LogP contribution in [0, 0.1) is 0 Å². The lowest BCUT2D eigenvalue weighted by molar-refractivity contribution is 0.460. The number of nitrogens with one attached hydrogen (secondary N) is 1. The van der Waals surface area contributed by atoms with Gasteiger partial charge in [0.05, 0.1) is 17.0 Å². The number of anilines is 2. The number of aromatic nitrogens is 4. The van der Waals surface area contributed by atoms with Gasteiger partial charge in [0.2, 0.25) is 5.95 Å². The van der Waals surface area contributed by atoms with Gasteiger partial charge in [-0.1, -0.05) is 25.3 Å². The van der Waals surface area contributed by atoms with Gasteiger partial charge < -0.3 is 10.2 Å². The summed E-state index contributed by atoms with van der Waals surface area (Å²) in [6.45, 7) is 1.45. The predicted molar refractivity (Wildman–Crippen MR) is 127 cm³/mol. The first kappa shape index (κ1) is 21.2. The van der Waals surface area contributed by atoms with Crippen LogP contribution in [0.2, 0.25) is 0 Å². The van der Waals surface area contributed by atoms with Crippen molar-refractivity contribution < 1.29 is 8.42 Å². The molecule has 2 aromatic heterocycles. The molecule has 0 atom stereocenters. The molecule has 32 heavy (non-hydrogen) atoms. The molecule has 1 N–H and O–H groups in total. The third kappa shape index (κ3) is 4.30. The van der Waals surface area contributed by atoms with E-state index in [1.165, 1.54) is 25.5 Å². The van der Waals surface area contributed by atoms with Crippen molar-refractivity contribution in [2.24, 2.45) is 0 Å². The number of rotatable bonds is 5. The van der Waals surface area contributed by atoms with E-state index < -0.39 is 9.84 Å². The van der Waals surface area contributed by atoms with Crippen LogP contribution in [0.1, 0.15) is 44.9 Å². The zero-order chi connectivity index (χ0) is 22.1. The highest BCUT2D eigenvalue weighted by Gasteiger charge is 2.27. The van der Waals surface area contributed by atoms with Crippen LogP contribution in [-0.4, -0.2) is 58.8 Å². The Morgan fingerprint density at radius 1 is 1.03 bits per heavy atom. The smallest absolute Gasteiger partial charge is 0.224 e. The fraction of sp³-hybridized carbons (Fsp3) is 0.522. The van der Waals surface area contributed by atoms with Crippen LogP contribution in [-0.2, 0) is 9.84 Å². The van der Waals surface area contributed by atoms with Crippen LogP contribution < -0.4 is 10.2 Å². The van der Waals surface area contributed by atoms with Crippen LogP contribution >= 0.6 is 0 Å². The summed E-state index contributed by atoms with van der Waals surface area (Å²) in [7, 11) is -2.98. The van der Waals surface area contributed by atoms with E-state index in [1.807, 2.05) is 29.1 Å². The zero-order valence-electron chi connectivity index (χ0n) is 18.4. The lowest BCUT2D eigenvalue weighted by Crippen LogP contribution is -2.39. The van der Waals surface area contributed by atoms with Crippen molar-refractivity contribution in [2.75, 3.05) is 29.6 Å². The van der Waals surface area contributed by atoms with Crippen molar-refractivity contribution >= 4 is 32.4 Å². The van der Waals surface area contributed by atoms with Crippen LogP contribution in [0.5, 0.6) is 0 Å². The highest BCUT2D eigenvalue weighted by atomic mass is 32.2. The summed E-state index contributed by atoms with van der Waals surface area (Å²) < 4.78 is 25.7. The Morgan fingerprint density at radius 3 is 2.56 bits per heavy atom. The number of hydrogen-bond acceptors (Lipinski definition) is 7. The second-order valence-electron chi connectivity index (χ2n) is 9.00. The van der Waals surface area contributed by atoms with E-state index >= 15 is 0 Å². The molecule has 1 saturated heterocycles. The van der Waals surface area contributed by atoms with Crippen molar-refractivity contribution in [1.29, 1.82) is 0 Å². The molecule has 1 aliphatic carbocycles. The lowest BCUT2D eigenvalue weighted by Gasteiger charge is -2.33. The molecule has 1 aliphatic heterocycles. The summed E-state index contributed by atoms with van der Waals surface area (Å²) in [5, 5.41) is 8.94. The van der Waals surface area contributed by atoms with Gasteiger partial charge in [0.25, 0.3) is 0 Å². The maximum atomic E-state index is 11.9. The minimum Gasteiger partial charge on any atom is -0.371 e. The molecule has 0 radical (unpaired) electrons. The van der Waals surface area contributed by atoms with Gasteiger partial charge in [-0.25, -0.2) is 18.1 Å². The van der Waals surface area contributed by atoms with E-state index in [0.29, 0.717) is 24.8 Å². The molecule has 5 rings (SSSR count). The Morgan fingerprint density at radius 2 is 1.81 bits per heavy atom. The summed E-state index contributed by atoms with van der Waals surface area (Å²) in [6, 6.07) is 8.48. The molecule has 0 spiro atoms. The van der Waals surface area contributed by atoms with Gasteiger partial charge in [-0.3, -0.25) is 0 Å². The maximum Gasteiger partial charge on any atom is 0.224 e. The second-order valence-corrected chi connectivity index (χ2v) is 11.3. The molecule has 170 valence electrons. The topological polar surface area (TPSA) is 93.0 Å². The first-order chi connectivity index (χ1) is 15.5. The Bertz CT molecular complexity index is 1190. The van der Waals surface area contributed by atoms with Gasteiger partial charge in [-0.15, -0.1) is 0 Å². The molecule has 0 bridgehead atoms. The Kier molecular flexibility index (Phi) is 5.75. The summed E-state index contributed by atoms with van der Waals surface area (Å²) >= 11 is 0. The van der Waals surface area contributed by atoms with Crippen molar-refractivity contribution in [3.05, 3.63) is 36.7 Å². The minimum atomic E-state index is -2.98. The summed E-state index contributed by atoms with van der Waals surface area (Å²) in [5.41, 5.74) is 2.07. The third-order valence-electron chi connectivity index (χ3n) is 6.78. The SMILES string of the molecule is CS(=O)(=O)C1CCN(c2cccc3c2cnn3-c2ccnc(NC3CCCCC3)n2)CC1. The first-order valence-corrected chi connectivity index (χ1v) is 13.4. The van der Waals surface area contributed by atoms with Crippen LogP contribution in [0.25, 0.3) is 16.7 Å². The molecule has 9 heteroatoms. The number of hydrogen-bond donors (Lipinski definition) is 1. The second kappa shape index (κ2) is 8.69. The molecular formula is C23H30N6O2S. The number of sulfone groups is 1. The van der Waals surface area contributed by atoms with Crippen molar-refractivity contribution in [1.82, 2.24) is 19.7 Å². The van der Waals surface area contributed by atoms with E-state index in [4.69, 9.17) is 4.98 Å². The summed E-state index contributed by atoms with van der Waals surface area (Å²) in [5.74, 6) is 1.39. The third-order valence-corrected chi connectivity index (χ3v) is 8.46. The first-order valence-electron chi connectivity index (χ1n) is 11.5. The van der Waals surface area contributed by atoms with E-state index in [-0.39, 0.29) is 5.25 Å². The summed E-state index contributed by atoms with van der Waals surface area (Å²) in [6.07, 6.45) is 12.5. The van der Waals surface area contributed by atoms with E-state index in [9.17, 15) is 8.42 Å². The molecule has 2 aliphatic rings. The highest BCUT2D eigenvalue weighted by Crippen LogP contribution is 2.31. The summed E-state index contributed by atoms with van der Waals surface area (Å²) in [4.78, 5) is 11.4. The fourth-order valence-corrected chi connectivity index (χ4v) is 6.05. The maximum absolute atomic E-state index is 11.9. The number of fused-ring (bicyclic) bond motifs is 1. The standard InChI is InChI=1S/C23H30N6O2S/c1-32(30,31)18-11-14-28(15-12-18)20-8-5-9-21-19(20)16-25-29(21)22-10-13-24-23(27-22)26-17-6-3-2-4-7-17/h5,8-10,13,16-18H,2-4,6-7,11-12,14-15H2,1H3,(H,24,26,27). The molecule has 2 fully saturated rings. The number of piperidine rings is 1. The predicted octanol–water partition coefficient (Wildman–Crippen LogP) is 3.57. The Hall–Kier alpha value is -2.68. The Labute approximate surface area is 189 Å². The molecule has 3 aromatic rings. The van der Waals surface area contributed by atoms with E-state index in [1.54, 1.807) is 6.20 Å². The molecule has 8 nitrogen and oxygen atoms in total. The van der Waals surface area contributed by atoms with Gasteiger partial charge in [-0.05, 0) is 37.8 Å². The molecule has 1 saturated carbocycles. The van der Waals surface area contributed by atoms with Crippen LogP contribution in [0.3, 0.4) is 0 Å². The average molecular weight is 455 g/mol. The number of benzene rings is 1. The van der Waals surface area contributed by atoms with Crippen molar-refractivity contribution in [3.63, 3.8) is 0 Å². The van der Waals surface area contributed by atoms with Crippen molar-refractivity contribution in [2.45, 2.75) is 56.2 Å². The van der Waals surface area contributed by atoms with Gasteiger partial charge >= 0.3 is 0 Å². The van der Waals surface area contributed by atoms with Gasteiger partial charge in [-0.2, -0.15) is 10.1 Å². The molecule has 0 amide bonds. The van der Waals surface area contributed by atoms with Crippen LogP contribution in [0.15, 0.2) is 36.7 Å². The van der Waals surface area contributed by atoms with Gasteiger partial charge in [0, 0.05) is 48.7 Å². The fourth-order valence-electron chi connectivity index (χ4n) is 4.99. The molecule has 1 aromatic carbocycles.